The van der Waals surface area contributed by atoms with E-state index in [0.29, 0.717) is 5.02 Å². The van der Waals surface area contributed by atoms with Crippen molar-refractivity contribution >= 4 is 52.8 Å². The van der Waals surface area contributed by atoms with Crippen LogP contribution in [0.25, 0.3) is 0 Å². The van der Waals surface area contributed by atoms with Gasteiger partial charge in [0.25, 0.3) is 11.8 Å². The van der Waals surface area contributed by atoms with E-state index < -0.39 is 17.6 Å². The van der Waals surface area contributed by atoms with Crippen LogP contribution in [0.3, 0.4) is 0 Å². The largest absolute Gasteiger partial charge is 0.343 e. The zero-order valence-electron chi connectivity index (χ0n) is 12.5. The summed E-state index contributed by atoms with van der Waals surface area (Å²) in [6.07, 6.45) is 1.08. The summed E-state index contributed by atoms with van der Waals surface area (Å²) in [5.41, 5.74) is 2.38. The Morgan fingerprint density at radius 3 is 2.56 bits per heavy atom. The third-order valence-electron chi connectivity index (χ3n) is 2.97. The third-order valence-corrected chi connectivity index (χ3v) is 3.85. The number of halogens is 4. The Balaban J connectivity index is 1.88. The number of nitrogens with zero attached hydrogens (tertiary/aromatic N) is 1. The van der Waals surface area contributed by atoms with Crippen molar-refractivity contribution in [3.8, 4) is 0 Å². The number of benzene rings is 2. The molecule has 0 atom stereocenters. The van der Waals surface area contributed by atoms with Crippen molar-refractivity contribution in [2.24, 2.45) is 5.10 Å². The second-order valence-corrected chi connectivity index (χ2v) is 5.99. The van der Waals surface area contributed by atoms with Crippen LogP contribution in [-0.2, 0) is 4.79 Å². The molecule has 0 bridgehead atoms. The molecule has 0 aromatic heterocycles. The number of carbonyl (C=O) groups excluding carboxylic acids is 2. The van der Waals surface area contributed by atoms with Crippen molar-refractivity contribution in [2.45, 2.75) is 0 Å². The topological polar surface area (TPSA) is 70.6 Å². The quantitative estimate of drug-likeness (QED) is 0.592. The maximum Gasteiger partial charge on any atom is 0.259 e. The number of amides is 2. The van der Waals surface area contributed by atoms with Gasteiger partial charge < -0.3 is 5.32 Å². The first kappa shape index (κ1) is 19.2. The molecule has 130 valence electrons. The Kier molecular flexibility index (Phi) is 6.75. The summed E-state index contributed by atoms with van der Waals surface area (Å²) >= 11 is 17.5. The van der Waals surface area contributed by atoms with Gasteiger partial charge in [-0.25, -0.2) is 9.82 Å². The van der Waals surface area contributed by atoms with Crippen molar-refractivity contribution < 1.29 is 14.0 Å². The summed E-state index contributed by atoms with van der Waals surface area (Å²) in [5, 5.41) is 6.69. The summed E-state index contributed by atoms with van der Waals surface area (Å²) < 4.78 is 13.5. The fraction of sp³-hybridized carbons (Fsp3) is 0.0625. The number of carbonyl (C=O) groups is 2. The first-order valence-corrected chi connectivity index (χ1v) is 8.01. The normalized spacial score (nSPS) is 10.7. The van der Waals surface area contributed by atoms with E-state index in [2.05, 4.69) is 15.8 Å². The number of hydrogen-bond donors (Lipinski definition) is 2. The van der Waals surface area contributed by atoms with E-state index in [4.69, 9.17) is 34.8 Å². The van der Waals surface area contributed by atoms with Gasteiger partial charge in [0.2, 0.25) is 0 Å². The van der Waals surface area contributed by atoms with Gasteiger partial charge in [-0.2, -0.15) is 5.10 Å². The molecule has 9 heteroatoms. The molecule has 0 fully saturated rings. The van der Waals surface area contributed by atoms with Crippen LogP contribution in [0.4, 0.5) is 4.39 Å². The van der Waals surface area contributed by atoms with Crippen molar-refractivity contribution in [3.63, 3.8) is 0 Å². The highest BCUT2D eigenvalue weighted by atomic mass is 35.5. The molecule has 0 spiro atoms. The molecule has 0 unspecified atom stereocenters. The highest BCUT2D eigenvalue weighted by Crippen LogP contribution is 2.20. The lowest BCUT2D eigenvalue weighted by atomic mass is 10.2. The molecule has 2 amide bonds. The van der Waals surface area contributed by atoms with Crippen LogP contribution < -0.4 is 10.7 Å². The van der Waals surface area contributed by atoms with Gasteiger partial charge in [-0.1, -0.05) is 40.9 Å². The van der Waals surface area contributed by atoms with Crippen LogP contribution in [0.1, 0.15) is 15.9 Å². The molecule has 0 aliphatic carbocycles. The van der Waals surface area contributed by atoms with E-state index in [1.807, 2.05) is 0 Å². The van der Waals surface area contributed by atoms with Crippen molar-refractivity contribution in [2.75, 3.05) is 6.54 Å². The monoisotopic (exact) mass is 401 g/mol. The summed E-state index contributed by atoms with van der Waals surface area (Å²) in [5.74, 6) is -1.73. The number of rotatable bonds is 5. The first-order valence-electron chi connectivity index (χ1n) is 6.87. The van der Waals surface area contributed by atoms with Gasteiger partial charge in [-0.05, 0) is 30.3 Å². The minimum absolute atomic E-state index is 0.0430. The average molecular weight is 403 g/mol. The third kappa shape index (κ3) is 5.42. The fourth-order valence-corrected chi connectivity index (χ4v) is 2.48. The van der Waals surface area contributed by atoms with E-state index in [-0.39, 0.29) is 27.7 Å². The SMILES string of the molecule is O=C(CNC(=O)c1ccc(Cl)cc1Cl)N/N=C/c1c(F)cccc1Cl. The van der Waals surface area contributed by atoms with Gasteiger partial charge in [0.15, 0.2) is 0 Å². The highest BCUT2D eigenvalue weighted by molar-refractivity contribution is 6.36. The van der Waals surface area contributed by atoms with E-state index in [0.717, 1.165) is 6.21 Å². The maximum atomic E-state index is 13.5. The Morgan fingerprint density at radius 2 is 1.88 bits per heavy atom. The van der Waals surface area contributed by atoms with E-state index in [9.17, 15) is 14.0 Å². The van der Waals surface area contributed by atoms with Gasteiger partial charge >= 0.3 is 0 Å². The molecule has 2 aromatic carbocycles. The summed E-state index contributed by atoms with van der Waals surface area (Å²) in [6.45, 7) is -0.347. The van der Waals surface area contributed by atoms with Crippen molar-refractivity contribution in [1.29, 1.82) is 0 Å². The van der Waals surface area contributed by atoms with Crippen LogP contribution in [0.5, 0.6) is 0 Å². The van der Waals surface area contributed by atoms with Gasteiger partial charge in [-0.15, -0.1) is 0 Å². The highest BCUT2D eigenvalue weighted by Gasteiger charge is 2.12. The van der Waals surface area contributed by atoms with Crippen LogP contribution in [0, 0.1) is 5.82 Å². The van der Waals surface area contributed by atoms with Gasteiger partial charge in [0, 0.05) is 10.6 Å². The molecule has 0 saturated carbocycles. The van der Waals surface area contributed by atoms with E-state index >= 15 is 0 Å². The molecule has 0 radical (unpaired) electrons. The molecular weight excluding hydrogens is 392 g/mol. The predicted octanol–water partition coefficient (Wildman–Crippen LogP) is 3.67. The first-order chi connectivity index (χ1) is 11.9. The van der Waals surface area contributed by atoms with Crippen LogP contribution in [-0.4, -0.2) is 24.6 Å². The fourth-order valence-electron chi connectivity index (χ4n) is 1.77. The Labute approximate surface area is 157 Å². The molecule has 2 N–H and O–H groups in total. The lowest BCUT2D eigenvalue weighted by molar-refractivity contribution is -0.120. The van der Waals surface area contributed by atoms with Gasteiger partial charge in [-0.3, -0.25) is 9.59 Å². The lowest BCUT2D eigenvalue weighted by Crippen LogP contribution is -2.35. The van der Waals surface area contributed by atoms with Crippen molar-refractivity contribution in [1.82, 2.24) is 10.7 Å². The van der Waals surface area contributed by atoms with Gasteiger partial charge in [0.05, 0.1) is 28.4 Å². The summed E-state index contributed by atoms with van der Waals surface area (Å²) in [4.78, 5) is 23.6. The standard InChI is InChI=1S/C16H11Cl3FN3O2/c17-9-4-5-10(13(19)6-9)16(25)21-8-15(24)23-22-7-11-12(18)2-1-3-14(11)20/h1-7H,8H2,(H,21,25)(H,23,24)/b22-7+. The minimum Gasteiger partial charge on any atom is -0.343 e. The molecule has 0 heterocycles. The molecule has 25 heavy (non-hydrogen) atoms. The second-order valence-electron chi connectivity index (χ2n) is 4.74. The zero-order chi connectivity index (χ0) is 18.4. The molecule has 5 nitrogen and oxygen atoms in total. The summed E-state index contributed by atoms with van der Waals surface area (Å²) in [6, 6.07) is 8.52. The Morgan fingerprint density at radius 1 is 1.12 bits per heavy atom. The van der Waals surface area contributed by atoms with Crippen molar-refractivity contribution in [3.05, 3.63) is 68.4 Å². The molecule has 0 aliphatic rings. The molecule has 2 aromatic rings. The Hall–Kier alpha value is -2.15. The molecule has 2 rings (SSSR count). The summed E-state index contributed by atoms with van der Waals surface area (Å²) in [7, 11) is 0. The second kappa shape index (κ2) is 8.80. The Bertz CT molecular complexity index is 823. The smallest absolute Gasteiger partial charge is 0.259 e. The van der Waals surface area contributed by atoms with E-state index in [1.165, 1.54) is 36.4 Å². The molecule has 0 aliphatic heterocycles. The lowest BCUT2D eigenvalue weighted by Gasteiger charge is -2.06. The van der Waals surface area contributed by atoms with Crippen LogP contribution >= 0.6 is 34.8 Å². The van der Waals surface area contributed by atoms with Crippen LogP contribution in [0.2, 0.25) is 15.1 Å². The van der Waals surface area contributed by atoms with Gasteiger partial charge in [0.1, 0.15) is 5.82 Å². The maximum absolute atomic E-state index is 13.5. The molecular formula is C16H11Cl3FN3O2. The minimum atomic E-state index is -0.609. The molecule has 0 saturated heterocycles. The number of hydrazone groups is 1. The number of hydrogen-bond acceptors (Lipinski definition) is 3. The zero-order valence-corrected chi connectivity index (χ0v) is 14.8. The van der Waals surface area contributed by atoms with Crippen LogP contribution in [0.15, 0.2) is 41.5 Å². The average Bonchev–Trinajstić information content (AvgIpc) is 2.55. The number of nitrogens with one attached hydrogen (secondary N) is 2. The predicted molar refractivity (Wildman–Crippen MR) is 95.9 cm³/mol. The van der Waals surface area contributed by atoms with E-state index in [1.54, 1.807) is 0 Å².